The van der Waals surface area contributed by atoms with E-state index in [0.29, 0.717) is 12.1 Å². The molecule has 0 radical (unpaired) electrons. The van der Waals surface area contributed by atoms with E-state index in [9.17, 15) is 9.90 Å². The molecule has 2 N–H and O–H groups in total. The van der Waals surface area contributed by atoms with Gasteiger partial charge in [-0.2, -0.15) is 0 Å². The van der Waals surface area contributed by atoms with E-state index in [1.165, 1.54) is 6.07 Å². The molecule has 0 atom stereocenters. The smallest absolute Gasteiger partial charge is 0.252 e. The summed E-state index contributed by atoms with van der Waals surface area (Å²) in [5.74, 6) is -0.0238. The maximum Gasteiger partial charge on any atom is 0.252 e. The summed E-state index contributed by atoms with van der Waals surface area (Å²) in [6, 6.07) is 10.7. The number of amides is 1. The molecule has 3 heteroatoms. The van der Waals surface area contributed by atoms with Gasteiger partial charge in [0.2, 0.25) is 0 Å². The molecule has 0 unspecified atom stereocenters. The van der Waals surface area contributed by atoms with Crippen molar-refractivity contribution in [1.29, 1.82) is 0 Å². The number of fused-ring (bicyclic) bond motifs is 1. The van der Waals surface area contributed by atoms with Crippen LogP contribution in [0.2, 0.25) is 0 Å². The van der Waals surface area contributed by atoms with E-state index in [4.69, 9.17) is 0 Å². The van der Waals surface area contributed by atoms with Gasteiger partial charge in [0.15, 0.2) is 0 Å². The summed E-state index contributed by atoms with van der Waals surface area (Å²) in [4.78, 5) is 11.9. The van der Waals surface area contributed by atoms with Gasteiger partial charge >= 0.3 is 0 Å². The Morgan fingerprint density at radius 3 is 2.82 bits per heavy atom. The Kier molecular flexibility index (Phi) is 3.28. The topological polar surface area (TPSA) is 49.3 Å². The van der Waals surface area contributed by atoms with E-state index in [0.717, 1.165) is 17.2 Å². The number of hydrogen-bond donors (Lipinski definition) is 2. The second-order valence-electron chi connectivity index (χ2n) is 3.97. The van der Waals surface area contributed by atoms with Crippen molar-refractivity contribution in [1.82, 2.24) is 5.32 Å². The number of rotatable bonds is 3. The molecule has 2 rings (SSSR count). The van der Waals surface area contributed by atoms with E-state index < -0.39 is 0 Å². The van der Waals surface area contributed by atoms with Gasteiger partial charge in [0.1, 0.15) is 5.75 Å². The minimum Gasteiger partial charge on any atom is -0.508 e. The Hall–Kier alpha value is -2.03. The number of nitrogens with one attached hydrogen (secondary N) is 1. The minimum absolute atomic E-state index is 0.116. The first kappa shape index (κ1) is 11.5. The zero-order valence-electron chi connectivity index (χ0n) is 9.73. The first-order valence-electron chi connectivity index (χ1n) is 5.72. The number of phenolic OH excluding ortho intramolecular Hbond substituents is 1. The molecule has 2 aromatic carbocycles. The Morgan fingerprint density at radius 2 is 2.06 bits per heavy atom. The monoisotopic (exact) mass is 229 g/mol. The first-order valence-corrected chi connectivity index (χ1v) is 5.72. The van der Waals surface area contributed by atoms with Gasteiger partial charge in [-0.05, 0) is 29.3 Å². The first-order chi connectivity index (χ1) is 8.22. The molecule has 17 heavy (non-hydrogen) atoms. The molecule has 0 spiro atoms. The van der Waals surface area contributed by atoms with Crippen LogP contribution < -0.4 is 5.32 Å². The fourth-order valence-corrected chi connectivity index (χ4v) is 1.82. The summed E-state index contributed by atoms with van der Waals surface area (Å²) < 4.78 is 0. The summed E-state index contributed by atoms with van der Waals surface area (Å²) in [5.41, 5.74) is 0.522. The highest BCUT2D eigenvalue weighted by Crippen LogP contribution is 2.24. The highest BCUT2D eigenvalue weighted by molar-refractivity contribution is 6.07. The number of carbonyl (C=O) groups is 1. The zero-order chi connectivity index (χ0) is 12.3. The second-order valence-corrected chi connectivity index (χ2v) is 3.97. The second kappa shape index (κ2) is 4.87. The van der Waals surface area contributed by atoms with Crippen molar-refractivity contribution in [2.75, 3.05) is 6.54 Å². The molecule has 0 aliphatic rings. The van der Waals surface area contributed by atoms with Crippen LogP contribution in [0.5, 0.6) is 5.75 Å². The minimum atomic E-state index is -0.140. The molecule has 0 bridgehead atoms. The van der Waals surface area contributed by atoms with Crippen LogP contribution in [0.1, 0.15) is 23.7 Å². The summed E-state index contributed by atoms with van der Waals surface area (Å²) >= 11 is 0. The van der Waals surface area contributed by atoms with Crippen molar-refractivity contribution in [2.45, 2.75) is 13.3 Å². The fourth-order valence-electron chi connectivity index (χ4n) is 1.82. The zero-order valence-corrected chi connectivity index (χ0v) is 9.73. The molecule has 0 saturated carbocycles. The largest absolute Gasteiger partial charge is 0.508 e. The number of aromatic hydroxyl groups is 1. The third-order valence-electron chi connectivity index (χ3n) is 2.63. The van der Waals surface area contributed by atoms with E-state index in [-0.39, 0.29) is 11.7 Å². The Balaban J connectivity index is 2.48. The lowest BCUT2D eigenvalue weighted by Crippen LogP contribution is -2.24. The molecule has 0 aliphatic heterocycles. The molecule has 1 amide bonds. The lowest BCUT2D eigenvalue weighted by Gasteiger charge is -2.08. The van der Waals surface area contributed by atoms with Crippen molar-refractivity contribution < 1.29 is 9.90 Å². The van der Waals surface area contributed by atoms with E-state index in [1.807, 2.05) is 31.2 Å². The highest BCUT2D eigenvalue weighted by Gasteiger charge is 2.10. The Bertz CT molecular complexity index is 549. The van der Waals surface area contributed by atoms with E-state index in [2.05, 4.69) is 5.32 Å². The summed E-state index contributed by atoms with van der Waals surface area (Å²) in [5, 5.41) is 14.2. The third kappa shape index (κ3) is 2.38. The van der Waals surface area contributed by atoms with Crippen LogP contribution in [0.15, 0.2) is 36.4 Å². The van der Waals surface area contributed by atoms with Crippen LogP contribution in [-0.2, 0) is 0 Å². The van der Waals surface area contributed by atoms with E-state index in [1.54, 1.807) is 6.07 Å². The van der Waals surface area contributed by atoms with Crippen molar-refractivity contribution in [3.8, 4) is 5.75 Å². The molecule has 88 valence electrons. The quantitative estimate of drug-likeness (QED) is 0.850. The molecular formula is C14H15NO2. The van der Waals surface area contributed by atoms with Crippen LogP contribution in [0.4, 0.5) is 0 Å². The standard InChI is InChI=1S/C14H15NO2/c1-2-7-15-14(17)13-9-11(16)8-10-5-3-4-6-12(10)13/h3-6,8-9,16H,2,7H2,1H3,(H,15,17). The normalized spacial score (nSPS) is 10.4. The van der Waals surface area contributed by atoms with Gasteiger partial charge in [0.05, 0.1) is 5.56 Å². The van der Waals surface area contributed by atoms with Gasteiger partial charge in [0.25, 0.3) is 5.91 Å². The number of carbonyl (C=O) groups excluding carboxylic acids is 1. The van der Waals surface area contributed by atoms with Gasteiger partial charge < -0.3 is 10.4 Å². The fraction of sp³-hybridized carbons (Fsp3) is 0.214. The molecule has 3 nitrogen and oxygen atoms in total. The average molecular weight is 229 g/mol. The summed E-state index contributed by atoms with van der Waals surface area (Å²) in [6.07, 6.45) is 0.891. The SMILES string of the molecule is CCCNC(=O)c1cc(O)cc2ccccc12. The predicted octanol–water partition coefficient (Wildman–Crippen LogP) is 2.69. The molecular weight excluding hydrogens is 214 g/mol. The number of benzene rings is 2. The van der Waals surface area contributed by atoms with Gasteiger partial charge in [-0.3, -0.25) is 4.79 Å². The van der Waals surface area contributed by atoms with Gasteiger partial charge in [-0.1, -0.05) is 31.2 Å². The van der Waals surface area contributed by atoms with E-state index >= 15 is 0 Å². The Morgan fingerprint density at radius 1 is 1.29 bits per heavy atom. The maximum atomic E-state index is 11.9. The maximum absolute atomic E-state index is 11.9. The molecule has 0 aliphatic carbocycles. The molecule has 0 fully saturated rings. The summed E-state index contributed by atoms with van der Waals surface area (Å²) in [7, 11) is 0. The average Bonchev–Trinajstić information content (AvgIpc) is 2.34. The molecule has 0 saturated heterocycles. The van der Waals surface area contributed by atoms with Crippen LogP contribution in [0.3, 0.4) is 0 Å². The van der Waals surface area contributed by atoms with Gasteiger partial charge in [-0.15, -0.1) is 0 Å². The third-order valence-corrected chi connectivity index (χ3v) is 2.63. The molecule has 0 aromatic heterocycles. The molecule has 0 heterocycles. The number of hydrogen-bond acceptors (Lipinski definition) is 2. The van der Waals surface area contributed by atoms with Crippen molar-refractivity contribution in [3.63, 3.8) is 0 Å². The van der Waals surface area contributed by atoms with Crippen LogP contribution in [0, 0.1) is 0 Å². The lowest BCUT2D eigenvalue weighted by molar-refractivity contribution is 0.0955. The lowest BCUT2D eigenvalue weighted by atomic mass is 10.0. The van der Waals surface area contributed by atoms with Crippen molar-refractivity contribution in [2.24, 2.45) is 0 Å². The van der Waals surface area contributed by atoms with Crippen molar-refractivity contribution in [3.05, 3.63) is 42.0 Å². The summed E-state index contributed by atoms with van der Waals surface area (Å²) in [6.45, 7) is 2.64. The number of phenols is 1. The van der Waals surface area contributed by atoms with Gasteiger partial charge in [0, 0.05) is 6.54 Å². The van der Waals surface area contributed by atoms with Gasteiger partial charge in [-0.25, -0.2) is 0 Å². The van der Waals surface area contributed by atoms with Crippen molar-refractivity contribution >= 4 is 16.7 Å². The van der Waals surface area contributed by atoms with Crippen LogP contribution in [0.25, 0.3) is 10.8 Å². The van der Waals surface area contributed by atoms with Crippen LogP contribution >= 0.6 is 0 Å². The van der Waals surface area contributed by atoms with Crippen LogP contribution in [-0.4, -0.2) is 17.6 Å². The predicted molar refractivity (Wildman–Crippen MR) is 68.2 cm³/mol. The molecule has 2 aromatic rings. The Labute approximate surface area is 100 Å². The highest BCUT2D eigenvalue weighted by atomic mass is 16.3.